The van der Waals surface area contributed by atoms with E-state index in [4.69, 9.17) is 0 Å². The molecule has 1 aromatic carbocycles. The summed E-state index contributed by atoms with van der Waals surface area (Å²) in [7, 11) is 0. The summed E-state index contributed by atoms with van der Waals surface area (Å²) in [4.78, 5) is 11.1. The smallest absolute Gasteiger partial charge is 0.315 e. The molecule has 13 heavy (non-hydrogen) atoms. The van der Waals surface area contributed by atoms with Gasteiger partial charge in [-0.05, 0) is 0 Å². The van der Waals surface area contributed by atoms with Gasteiger partial charge in [-0.1, -0.05) is 30.3 Å². The van der Waals surface area contributed by atoms with Crippen LogP contribution in [0.1, 0.15) is 10.4 Å². The van der Waals surface area contributed by atoms with Crippen molar-refractivity contribution in [3.63, 3.8) is 0 Å². The minimum Gasteiger partial charge on any atom is -0.315 e. The van der Waals surface area contributed by atoms with E-state index in [1.165, 1.54) is 0 Å². The molecule has 0 heterocycles. The molecule has 0 aliphatic rings. The van der Waals surface area contributed by atoms with E-state index in [0.29, 0.717) is 5.56 Å². The molecule has 0 aliphatic heterocycles. The van der Waals surface area contributed by atoms with Crippen LogP contribution >= 0.6 is 0 Å². The third-order valence-corrected chi connectivity index (χ3v) is 1.44. The maximum absolute atomic E-state index is 11.5. The molecule has 70 valence electrons. The monoisotopic (exact) mass is 186 g/mol. The molecule has 0 unspecified atom stereocenters. The number of hydrogen-bond donors (Lipinski definition) is 0. The first-order valence-corrected chi connectivity index (χ1v) is 3.68. The van der Waals surface area contributed by atoms with Crippen LogP contribution in [0.5, 0.6) is 0 Å². The van der Waals surface area contributed by atoms with Gasteiger partial charge in [0.05, 0.1) is 0 Å². The summed E-state index contributed by atoms with van der Waals surface area (Å²) in [6.07, 6.45) is 0. The lowest BCUT2D eigenvalue weighted by Gasteiger charge is -2.01. The number of hydrogen-bond acceptors (Lipinski definition) is 2. The lowest BCUT2D eigenvalue weighted by Crippen LogP contribution is -2.11. The highest BCUT2D eigenvalue weighted by atomic mass is 19.3. The topological polar surface area (TPSA) is 26.3 Å². The van der Waals surface area contributed by atoms with Gasteiger partial charge < -0.3 is 4.74 Å². The molecule has 0 radical (unpaired) electrons. The molecule has 0 spiro atoms. The van der Waals surface area contributed by atoms with Crippen molar-refractivity contribution in [2.24, 2.45) is 0 Å². The SMILES string of the molecule is O=C(COC(F)F)c1ccccc1. The van der Waals surface area contributed by atoms with Gasteiger partial charge >= 0.3 is 6.61 Å². The highest BCUT2D eigenvalue weighted by molar-refractivity contribution is 5.96. The molecule has 0 N–H and O–H groups in total. The number of alkyl halides is 2. The third kappa shape index (κ3) is 3.29. The molecular formula is C9H8F2O2. The average molecular weight is 186 g/mol. The molecule has 4 heteroatoms. The Balaban J connectivity index is 2.50. The second kappa shape index (κ2) is 4.67. The van der Waals surface area contributed by atoms with Crippen LogP contribution in [0.4, 0.5) is 8.78 Å². The zero-order chi connectivity index (χ0) is 9.68. The Hall–Kier alpha value is -1.29. The van der Waals surface area contributed by atoms with E-state index in [-0.39, 0.29) is 0 Å². The predicted octanol–water partition coefficient (Wildman–Crippen LogP) is 2.11. The Bertz CT molecular complexity index is 272. The van der Waals surface area contributed by atoms with E-state index < -0.39 is 19.0 Å². The van der Waals surface area contributed by atoms with Crippen molar-refractivity contribution in [3.8, 4) is 0 Å². The Kier molecular flexibility index (Phi) is 3.52. The fourth-order valence-corrected chi connectivity index (χ4v) is 0.846. The largest absolute Gasteiger partial charge is 0.345 e. The predicted molar refractivity (Wildman–Crippen MR) is 42.7 cm³/mol. The molecule has 0 saturated carbocycles. The van der Waals surface area contributed by atoms with Gasteiger partial charge in [0.1, 0.15) is 6.61 Å². The van der Waals surface area contributed by atoms with Gasteiger partial charge in [-0.25, -0.2) is 0 Å². The summed E-state index contributed by atoms with van der Waals surface area (Å²) >= 11 is 0. The van der Waals surface area contributed by atoms with Gasteiger partial charge in [-0.3, -0.25) is 4.79 Å². The van der Waals surface area contributed by atoms with Gasteiger partial charge in [0.15, 0.2) is 5.78 Å². The Morgan fingerprint density at radius 3 is 2.46 bits per heavy atom. The van der Waals surface area contributed by atoms with Crippen molar-refractivity contribution < 1.29 is 18.3 Å². The lowest BCUT2D eigenvalue weighted by molar-refractivity contribution is -0.119. The van der Waals surface area contributed by atoms with E-state index in [2.05, 4.69) is 4.74 Å². The van der Waals surface area contributed by atoms with Gasteiger partial charge in [0, 0.05) is 5.56 Å². The molecule has 0 bridgehead atoms. The van der Waals surface area contributed by atoms with E-state index in [1.54, 1.807) is 30.3 Å². The van der Waals surface area contributed by atoms with Crippen LogP contribution in [0.3, 0.4) is 0 Å². The third-order valence-electron chi connectivity index (χ3n) is 1.44. The molecule has 1 aromatic rings. The fraction of sp³-hybridized carbons (Fsp3) is 0.222. The van der Waals surface area contributed by atoms with E-state index >= 15 is 0 Å². The van der Waals surface area contributed by atoms with Crippen molar-refractivity contribution in [1.82, 2.24) is 0 Å². The normalized spacial score (nSPS) is 10.4. The number of carbonyl (C=O) groups excluding carboxylic acids is 1. The van der Waals surface area contributed by atoms with Crippen molar-refractivity contribution in [2.45, 2.75) is 6.61 Å². The van der Waals surface area contributed by atoms with Crippen LogP contribution < -0.4 is 0 Å². The molecule has 0 fully saturated rings. The number of halogens is 2. The summed E-state index contributed by atoms with van der Waals surface area (Å²) < 4.78 is 26.9. The van der Waals surface area contributed by atoms with Crippen LogP contribution in [-0.2, 0) is 4.74 Å². The Morgan fingerprint density at radius 2 is 1.92 bits per heavy atom. The zero-order valence-corrected chi connectivity index (χ0v) is 6.74. The minimum atomic E-state index is -2.90. The number of benzene rings is 1. The van der Waals surface area contributed by atoms with Crippen LogP contribution in [0.25, 0.3) is 0 Å². The second-order valence-electron chi connectivity index (χ2n) is 2.36. The summed E-state index contributed by atoms with van der Waals surface area (Å²) in [5, 5.41) is 0. The summed E-state index contributed by atoms with van der Waals surface area (Å²) in [6.45, 7) is -3.48. The molecule has 0 atom stereocenters. The second-order valence-corrected chi connectivity index (χ2v) is 2.36. The van der Waals surface area contributed by atoms with Crippen LogP contribution in [0.2, 0.25) is 0 Å². The summed E-state index contributed by atoms with van der Waals surface area (Å²) in [6, 6.07) is 8.17. The Labute approximate surface area is 74.1 Å². The first-order chi connectivity index (χ1) is 6.20. The number of carbonyl (C=O) groups is 1. The lowest BCUT2D eigenvalue weighted by atomic mass is 10.1. The van der Waals surface area contributed by atoms with Gasteiger partial charge in [-0.15, -0.1) is 0 Å². The average Bonchev–Trinajstić information content (AvgIpc) is 2.15. The molecule has 0 saturated heterocycles. The van der Waals surface area contributed by atoms with Crippen molar-refractivity contribution in [2.75, 3.05) is 6.61 Å². The summed E-state index contributed by atoms with van der Waals surface area (Å²) in [5.74, 6) is -0.444. The standard InChI is InChI=1S/C9H8F2O2/c10-9(11)13-6-8(12)7-4-2-1-3-5-7/h1-5,9H,6H2. The molecule has 0 aromatic heterocycles. The van der Waals surface area contributed by atoms with Gasteiger partial charge in [0.2, 0.25) is 0 Å². The maximum atomic E-state index is 11.5. The van der Waals surface area contributed by atoms with Crippen LogP contribution in [0, 0.1) is 0 Å². The Morgan fingerprint density at radius 1 is 1.31 bits per heavy atom. The van der Waals surface area contributed by atoms with Crippen molar-refractivity contribution in [3.05, 3.63) is 35.9 Å². The minimum absolute atomic E-state index is 0.378. The maximum Gasteiger partial charge on any atom is 0.345 e. The fourth-order valence-electron chi connectivity index (χ4n) is 0.846. The van der Waals surface area contributed by atoms with Crippen molar-refractivity contribution >= 4 is 5.78 Å². The quantitative estimate of drug-likeness (QED) is 0.673. The van der Waals surface area contributed by atoms with Gasteiger partial charge in [0.25, 0.3) is 0 Å². The molecule has 1 rings (SSSR count). The summed E-state index contributed by atoms with van der Waals surface area (Å²) in [5.41, 5.74) is 0.378. The highest BCUT2D eigenvalue weighted by Gasteiger charge is 2.08. The van der Waals surface area contributed by atoms with Crippen LogP contribution in [-0.4, -0.2) is 19.0 Å². The van der Waals surface area contributed by atoms with Crippen LogP contribution in [0.15, 0.2) is 30.3 Å². The molecule has 2 nitrogen and oxygen atoms in total. The van der Waals surface area contributed by atoms with E-state index in [0.717, 1.165) is 0 Å². The van der Waals surface area contributed by atoms with Gasteiger partial charge in [-0.2, -0.15) is 8.78 Å². The first kappa shape index (κ1) is 9.80. The van der Waals surface area contributed by atoms with Crippen molar-refractivity contribution in [1.29, 1.82) is 0 Å². The number of ether oxygens (including phenoxy) is 1. The molecule has 0 amide bonds. The molecular weight excluding hydrogens is 178 g/mol. The zero-order valence-electron chi connectivity index (χ0n) is 6.74. The van der Waals surface area contributed by atoms with E-state index in [1.807, 2.05) is 0 Å². The number of rotatable bonds is 4. The highest BCUT2D eigenvalue weighted by Crippen LogP contribution is 2.02. The first-order valence-electron chi connectivity index (χ1n) is 3.68. The number of ketones is 1. The number of Topliss-reactive ketones (excluding diaryl/α,β-unsaturated/α-hetero) is 1. The molecule has 0 aliphatic carbocycles. The van der Waals surface area contributed by atoms with E-state index in [9.17, 15) is 13.6 Å².